The second-order valence-electron chi connectivity index (χ2n) is 11.4. The zero-order chi connectivity index (χ0) is 38.9. The van der Waals surface area contributed by atoms with Gasteiger partial charge in [-0.2, -0.15) is 27.1 Å². The van der Waals surface area contributed by atoms with Crippen LogP contribution < -0.4 is 0 Å². The van der Waals surface area contributed by atoms with E-state index >= 15 is 0 Å². The van der Waals surface area contributed by atoms with Crippen molar-refractivity contribution in [1.29, 1.82) is 0 Å². The maximum Gasteiger partial charge on any atom is 0.339 e. The van der Waals surface area contributed by atoms with Crippen LogP contribution in [0.1, 0.15) is 31.8 Å². The van der Waals surface area contributed by atoms with Crippen molar-refractivity contribution in [3.63, 3.8) is 0 Å². The maximum absolute atomic E-state index is 12.4. The van der Waals surface area contributed by atoms with E-state index in [1.807, 2.05) is 0 Å². The van der Waals surface area contributed by atoms with Gasteiger partial charge in [-0.15, -0.1) is 10.2 Å². The number of hydrogen-bond donors (Lipinski definition) is 6. The van der Waals surface area contributed by atoms with Gasteiger partial charge in [0, 0.05) is 69.9 Å². The first-order chi connectivity index (χ1) is 25.5. The Bertz CT molecular complexity index is 2690. The third-order valence-electron chi connectivity index (χ3n) is 7.97. The Morgan fingerprint density at radius 3 is 1.21 bits per heavy atom. The zero-order valence-corrected chi connectivity index (χ0v) is 34.8. The van der Waals surface area contributed by atoms with Gasteiger partial charge in [-0.3, -0.25) is 9.11 Å². The van der Waals surface area contributed by atoms with Crippen LogP contribution in [0.2, 0.25) is 0 Å². The molecule has 0 aliphatic heterocycles. The molecular formula is C36H24N4Na2O12S2. The summed E-state index contributed by atoms with van der Waals surface area (Å²) < 4.78 is 69.6. The largest absolute Gasteiger partial charge is 0.505 e. The fourth-order valence-electron chi connectivity index (χ4n) is 5.45. The topological polar surface area (TPSA) is 273 Å². The van der Waals surface area contributed by atoms with Crippen molar-refractivity contribution in [2.45, 2.75) is 9.79 Å². The van der Waals surface area contributed by atoms with E-state index in [-0.39, 0.29) is 93.0 Å². The van der Waals surface area contributed by atoms with Gasteiger partial charge in [-0.1, -0.05) is 72.8 Å². The predicted molar refractivity (Wildman–Crippen MR) is 206 cm³/mol. The summed E-state index contributed by atoms with van der Waals surface area (Å²) in [6.45, 7) is 0. The van der Waals surface area contributed by atoms with E-state index in [1.54, 1.807) is 48.5 Å². The minimum atomic E-state index is -4.94. The molecular weight excluding hydrogens is 791 g/mol. The minimum absolute atomic E-state index is 0. The summed E-state index contributed by atoms with van der Waals surface area (Å²) in [7, 11) is -9.89. The number of azo groups is 2. The molecule has 0 aliphatic rings. The molecule has 274 valence electrons. The third kappa shape index (κ3) is 9.39. The molecule has 0 aliphatic carbocycles. The molecule has 0 spiro atoms. The van der Waals surface area contributed by atoms with E-state index in [0.717, 1.165) is 24.3 Å². The van der Waals surface area contributed by atoms with Gasteiger partial charge in [0.2, 0.25) is 0 Å². The first kappa shape index (κ1) is 43.9. The molecule has 0 aromatic heterocycles. The number of fused-ring (bicyclic) bond motifs is 2. The number of nitrogens with zero attached hydrogens (tertiary/aromatic N) is 4. The van der Waals surface area contributed by atoms with Crippen LogP contribution in [-0.2, 0) is 20.2 Å². The average Bonchev–Trinajstić information content (AvgIpc) is 3.12. The molecule has 16 nitrogen and oxygen atoms in total. The zero-order valence-electron chi connectivity index (χ0n) is 29.1. The molecule has 20 heteroatoms. The van der Waals surface area contributed by atoms with Crippen molar-refractivity contribution in [3.05, 3.63) is 119 Å². The monoisotopic (exact) mass is 814 g/mol. The summed E-state index contributed by atoms with van der Waals surface area (Å²) in [5, 5.41) is 57.7. The van der Waals surface area contributed by atoms with Crippen LogP contribution >= 0.6 is 0 Å². The van der Waals surface area contributed by atoms with Gasteiger partial charge in [0.1, 0.15) is 32.3 Å². The Morgan fingerprint density at radius 1 is 0.518 bits per heavy atom. The summed E-state index contributed by atoms with van der Waals surface area (Å²) in [5.74, 6) is -4.21. The molecule has 2 radical (unpaired) electrons. The summed E-state index contributed by atoms with van der Waals surface area (Å²) in [6.07, 6.45) is 2.26. The van der Waals surface area contributed by atoms with E-state index in [9.17, 15) is 56.0 Å². The summed E-state index contributed by atoms with van der Waals surface area (Å²) in [5.41, 5.74) is -1.87. The normalized spacial score (nSPS) is 12.0. The Hall–Kier alpha value is -4.86. The van der Waals surface area contributed by atoms with Crippen molar-refractivity contribution in [2.75, 3.05) is 0 Å². The number of carbonyl (C=O) groups is 2. The number of aromatic carboxylic acids is 2. The van der Waals surface area contributed by atoms with Crippen LogP contribution in [0.5, 0.6) is 11.5 Å². The Labute approximate surface area is 361 Å². The van der Waals surface area contributed by atoms with Gasteiger partial charge >= 0.3 is 11.9 Å². The number of phenols is 2. The average molecular weight is 815 g/mol. The molecule has 0 unspecified atom stereocenters. The van der Waals surface area contributed by atoms with Crippen LogP contribution in [0.3, 0.4) is 0 Å². The number of aromatic hydroxyl groups is 2. The van der Waals surface area contributed by atoms with Crippen molar-refractivity contribution < 1.29 is 56.0 Å². The summed E-state index contributed by atoms with van der Waals surface area (Å²) >= 11 is 0. The summed E-state index contributed by atoms with van der Waals surface area (Å²) in [4.78, 5) is 22.0. The minimum Gasteiger partial charge on any atom is -0.505 e. The number of carboxylic acids is 2. The van der Waals surface area contributed by atoms with Crippen LogP contribution in [-0.4, -0.2) is 117 Å². The Morgan fingerprint density at radius 2 is 0.875 bits per heavy atom. The van der Waals surface area contributed by atoms with Crippen LogP contribution in [0.25, 0.3) is 33.7 Å². The van der Waals surface area contributed by atoms with E-state index in [4.69, 9.17) is 0 Å². The SMILES string of the molecule is O=C(O)c1cc2ccccc2c(N=Nc2ccc(C=Cc3ccc(N=Nc4c(O)c(C(=O)O)cc5ccccc45)cc3S(=O)(=O)O)c(S(=O)(=O)O)c2)c1O.[Na].[Na]. The first-order valence-corrected chi connectivity index (χ1v) is 18.1. The predicted octanol–water partition coefficient (Wildman–Crippen LogP) is 7.53. The Kier molecular flexibility index (Phi) is 13.7. The first-order valence-electron chi connectivity index (χ1n) is 15.2. The molecule has 0 heterocycles. The molecule has 0 amide bonds. The second kappa shape index (κ2) is 17.5. The summed E-state index contributed by atoms with van der Waals surface area (Å²) in [6, 6.07) is 22.2. The molecule has 6 N–H and O–H groups in total. The van der Waals surface area contributed by atoms with E-state index in [1.165, 1.54) is 36.4 Å². The Balaban J connectivity index is 0.00000348. The number of carboxylic acid groups (broad SMARTS) is 2. The smallest absolute Gasteiger partial charge is 0.339 e. The van der Waals surface area contributed by atoms with Crippen LogP contribution in [0.4, 0.5) is 22.7 Å². The standard InChI is InChI=1S/C36H24N4O12S2.2Na/c41-33-27(35(43)44)15-21-5-1-3-7-25(21)31(33)39-37-23-13-11-19(29(17-23)53(47,48)49)9-10-20-12-14-24(18-30(20)54(50,51)52)38-40-32-26-8-4-2-6-22(26)16-28(34(32)42)36(45)46;;/h1-18,41-42H,(H,43,44)(H,45,46)(H,47,48,49)(H,50,51,52);;. The fraction of sp³-hybridized carbons (Fsp3) is 0. The van der Waals surface area contributed by atoms with Gasteiger partial charge < -0.3 is 20.4 Å². The van der Waals surface area contributed by atoms with Crippen molar-refractivity contribution in [2.24, 2.45) is 20.5 Å². The molecule has 0 saturated heterocycles. The molecule has 6 aromatic carbocycles. The van der Waals surface area contributed by atoms with Gasteiger partial charge in [-0.05, 0) is 58.3 Å². The maximum atomic E-state index is 12.4. The molecule has 6 aromatic rings. The molecule has 0 bridgehead atoms. The third-order valence-corrected chi connectivity index (χ3v) is 9.79. The van der Waals surface area contributed by atoms with Gasteiger partial charge in [0.25, 0.3) is 20.2 Å². The van der Waals surface area contributed by atoms with Gasteiger partial charge in [0.15, 0.2) is 11.5 Å². The second-order valence-corrected chi connectivity index (χ2v) is 14.2. The van der Waals surface area contributed by atoms with Crippen LogP contribution in [0.15, 0.2) is 127 Å². The van der Waals surface area contributed by atoms with Crippen LogP contribution in [0, 0.1) is 0 Å². The molecule has 0 fully saturated rings. The fourth-order valence-corrected chi connectivity index (χ4v) is 6.86. The van der Waals surface area contributed by atoms with E-state index in [0.29, 0.717) is 21.5 Å². The quantitative estimate of drug-likeness (QED) is 0.0339. The van der Waals surface area contributed by atoms with Gasteiger partial charge in [0.05, 0.1) is 11.4 Å². The van der Waals surface area contributed by atoms with E-state index < -0.39 is 64.6 Å². The number of rotatable bonds is 10. The van der Waals surface area contributed by atoms with Crippen molar-refractivity contribution >= 4 is 148 Å². The number of benzene rings is 6. The van der Waals surface area contributed by atoms with Crippen molar-refractivity contribution in [3.8, 4) is 11.5 Å². The molecule has 56 heavy (non-hydrogen) atoms. The molecule has 6 rings (SSSR count). The number of hydrogen-bond acceptors (Lipinski definition) is 12. The van der Waals surface area contributed by atoms with Gasteiger partial charge in [-0.25, -0.2) is 9.59 Å². The molecule has 0 saturated carbocycles. The van der Waals surface area contributed by atoms with E-state index in [2.05, 4.69) is 20.5 Å². The molecule has 0 atom stereocenters. The van der Waals surface area contributed by atoms with Crippen molar-refractivity contribution in [1.82, 2.24) is 0 Å².